The zero-order valence-corrected chi connectivity index (χ0v) is 13.3. The molecule has 4 nitrogen and oxygen atoms in total. The average Bonchev–Trinajstić information content (AvgIpc) is 2.89. The Balaban J connectivity index is 2.06. The van der Waals surface area contributed by atoms with Gasteiger partial charge in [-0.05, 0) is 39.1 Å². The predicted molar refractivity (Wildman–Crippen MR) is 81.5 cm³/mol. The number of rotatable bonds is 4. The number of likely N-dealkylation sites (N-methyl/N-ethyl adjacent to an activating group) is 1. The van der Waals surface area contributed by atoms with Crippen molar-refractivity contribution in [1.82, 2.24) is 15.2 Å². The van der Waals surface area contributed by atoms with Gasteiger partial charge in [0.15, 0.2) is 0 Å². The molecule has 1 aromatic rings. The molecule has 20 heavy (non-hydrogen) atoms. The smallest absolute Gasteiger partial charge is 0.271 e. The molecule has 1 N–H and O–H groups in total. The minimum atomic E-state index is -0.273. The number of aromatic nitrogens is 1. The van der Waals surface area contributed by atoms with Gasteiger partial charge in [-0.2, -0.15) is 0 Å². The van der Waals surface area contributed by atoms with E-state index in [0.717, 1.165) is 12.8 Å². The van der Waals surface area contributed by atoms with Gasteiger partial charge in [-0.3, -0.25) is 4.79 Å². The van der Waals surface area contributed by atoms with E-state index < -0.39 is 0 Å². The molecular formula is C14H19Cl2N3O. The van der Waals surface area contributed by atoms with Gasteiger partial charge in [0.2, 0.25) is 0 Å². The quantitative estimate of drug-likeness (QED) is 0.869. The molecule has 0 spiro atoms. The largest absolute Gasteiger partial charge is 0.349 e. The van der Waals surface area contributed by atoms with Gasteiger partial charge in [0.1, 0.15) is 10.8 Å². The summed E-state index contributed by atoms with van der Waals surface area (Å²) in [7, 11) is 4.12. The number of carbonyl (C=O) groups excluding carboxylic acids is 1. The molecule has 0 aliphatic heterocycles. The summed E-state index contributed by atoms with van der Waals surface area (Å²) in [5.74, 6) is -0.273. The Morgan fingerprint density at radius 1 is 1.35 bits per heavy atom. The van der Waals surface area contributed by atoms with Crippen molar-refractivity contribution < 1.29 is 4.79 Å². The highest BCUT2D eigenvalue weighted by atomic mass is 35.5. The Kier molecular flexibility index (Phi) is 4.89. The minimum Gasteiger partial charge on any atom is -0.349 e. The SMILES string of the molecule is CN(C)C1(CNC(=O)c2nc(Cl)ccc2Cl)CCCC1. The summed E-state index contributed by atoms with van der Waals surface area (Å²) >= 11 is 11.8. The second-order valence-corrected chi connectivity index (χ2v) is 6.27. The van der Waals surface area contributed by atoms with E-state index in [1.54, 1.807) is 12.1 Å². The van der Waals surface area contributed by atoms with Crippen molar-refractivity contribution >= 4 is 29.1 Å². The Labute approximate surface area is 129 Å². The van der Waals surface area contributed by atoms with Gasteiger partial charge in [0.05, 0.1) is 5.02 Å². The first-order valence-electron chi connectivity index (χ1n) is 6.72. The topological polar surface area (TPSA) is 45.2 Å². The molecule has 0 radical (unpaired) electrons. The van der Waals surface area contributed by atoms with Crippen LogP contribution in [0.1, 0.15) is 36.2 Å². The molecule has 0 saturated heterocycles. The van der Waals surface area contributed by atoms with Crippen LogP contribution in [0.25, 0.3) is 0 Å². The maximum atomic E-state index is 12.2. The molecule has 110 valence electrons. The highest BCUT2D eigenvalue weighted by molar-refractivity contribution is 6.34. The molecule has 0 aromatic carbocycles. The molecule has 1 amide bonds. The van der Waals surface area contributed by atoms with E-state index in [2.05, 4.69) is 29.3 Å². The van der Waals surface area contributed by atoms with Gasteiger partial charge in [-0.25, -0.2) is 4.98 Å². The summed E-state index contributed by atoms with van der Waals surface area (Å²) in [5, 5.41) is 3.53. The van der Waals surface area contributed by atoms with Crippen molar-refractivity contribution in [1.29, 1.82) is 0 Å². The number of hydrogen-bond acceptors (Lipinski definition) is 3. The van der Waals surface area contributed by atoms with E-state index in [9.17, 15) is 4.79 Å². The predicted octanol–water partition coefficient (Wildman–Crippen LogP) is 2.99. The van der Waals surface area contributed by atoms with Crippen LogP contribution in [0.15, 0.2) is 12.1 Å². The van der Waals surface area contributed by atoms with Crippen molar-refractivity contribution in [2.75, 3.05) is 20.6 Å². The number of halogens is 2. The van der Waals surface area contributed by atoms with Crippen LogP contribution in [0.5, 0.6) is 0 Å². The highest BCUT2D eigenvalue weighted by Gasteiger charge is 2.36. The van der Waals surface area contributed by atoms with Crippen LogP contribution in [0.2, 0.25) is 10.2 Å². The molecule has 0 atom stereocenters. The zero-order valence-electron chi connectivity index (χ0n) is 11.7. The third-order valence-corrected chi connectivity index (χ3v) is 4.60. The van der Waals surface area contributed by atoms with E-state index in [-0.39, 0.29) is 22.3 Å². The fourth-order valence-electron chi connectivity index (χ4n) is 2.72. The summed E-state index contributed by atoms with van der Waals surface area (Å²) < 4.78 is 0. The maximum absolute atomic E-state index is 12.2. The van der Waals surface area contributed by atoms with Crippen molar-refractivity contribution in [3.8, 4) is 0 Å². The first-order valence-corrected chi connectivity index (χ1v) is 7.48. The van der Waals surface area contributed by atoms with E-state index in [4.69, 9.17) is 23.2 Å². The van der Waals surface area contributed by atoms with Crippen molar-refractivity contribution in [2.45, 2.75) is 31.2 Å². The fourth-order valence-corrected chi connectivity index (χ4v) is 3.06. The number of nitrogens with one attached hydrogen (secondary N) is 1. The van der Waals surface area contributed by atoms with Gasteiger partial charge in [-0.15, -0.1) is 0 Å². The molecule has 1 aliphatic carbocycles. The average molecular weight is 316 g/mol. The maximum Gasteiger partial charge on any atom is 0.271 e. The van der Waals surface area contributed by atoms with E-state index >= 15 is 0 Å². The molecule has 1 fully saturated rings. The Hall–Kier alpha value is -0.840. The molecule has 1 saturated carbocycles. The van der Waals surface area contributed by atoms with Crippen LogP contribution < -0.4 is 5.32 Å². The lowest BCUT2D eigenvalue weighted by molar-refractivity contribution is 0.0895. The lowest BCUT2D eigenvalue weighted by atomic mass is 9.96. The molecule has 0 bridgehead atoms. The molecule has 6 heteroatoms. The van der Waals surface area contributed by atoms with Gasteiger partial charge in [-0.1, -0.05) is 36.0 Å². The highest BCUT2D eigenvalue weighted by Crippen LogP contribution is 2.33. The van der Waals surface area contributed by atoms with Gasteiger partial charge < -0.3 is 10.2 Å². The van der Waals surface area contributed by atoms with Crippen LogP contribution >= 0.6 is 23.2 Å². The monoisotopic (exact) mass is 315 g/mol. The second kappa shape index (κ2) is 6.29. The first-order chi connectivity index (χ1) is 9.44. The van der Waals surface area contributed by atoms with Gasteiger partial charge in [0, 0.05) is 12.1 Å². The molecule has 1 aliphatic rings. The summed E-state index contributed by atoms with van der Waals surface area (Å²) in [6.45, 7) is 0.601. The lowest BCUT2D eigenvalue weighted by Crippen LogP contribution is -2.50. The zero-order chi connectivity index (χ0) is 14.8. The van der Waals surface area contributed by atoms with Gasteiger partial charge >= 0.3 is 0 Å². The first kappa shape index (κ1) is 15.5. The third kappa shape index (κ3) is 3.25. The normalized spacial score (nSPS) is 17.4. The summed E-state index contributed by atoms with van der Waals surface area (Å²) in [4.78, 5) is 18.4. The van der Waals surface area contributed by atoms with E-state index in [0.29, 0.717) is 11.6 Å². The molecule has 2 rings (SSSR count). The van der Waals surface area contributed by atoms with Crippen LogP contribution in [0.4, 0.5) is 0 Å². The van der Waals surface area contributed by atoms with Crippen molar-refractivity contribution in [3.63, 3.8) is 0 Å². The third-order valence-electron chi connectivity index (χ3n) is 4.09. The molecule has 0 unspecified atom stereocenters. The number of amides is 1. The second-order valence-electron chi connectivity index (χ2n) is 5.47. The van der Waals surface area contributed by atoms with Crippen LogP contribution in [-0.2, 0) is 0 Å². The Morgan fingerprint density at radius 2 is 2.00 bits per heavy atom. The standard InChI is InChI=1S/C14H19Cl2N3O/c1-19(2)14(7-3-4-8-14)9-17-13(20)12-10(15)5-6-11(16)18-12/h5-6H,3-4,7-9H2,1-2H3,(H,17,20). The number of nitrogens with zero attached hydrogens (tertiary/aromatic N) is 2. The summed E-state index contributed by atoms with van der Waals surface area (Å²) in [6.07, 6.45) is 4.59. The summed E-state index contributed by atoms with van der Waals surface area (Å²) in [6, 6.07) is 3.15. The number of pyridine rings is 1. The van der Waals surface area contributed by atoms with Crippen LogP contribution in [0.3, 0.4) is 0 Å². The molecular weight excluding hydrogens is 297 g/mol. The van der Waals surface area contributed by atoms with Gasteiger partial charge in [0.25, 0.3) is 5.91 Å². The van der Waals surface area contributed by atoms with Crippen molar-refractivity contribution in [3.05, 3.63) is 28.0 Å². The molecule has 1 aromatic heterocycles. The van der Waals surface area contributed by atoms with Crippen LogP contribution in [0, 0.1) is 0 Å². The number of hydrogen-bond donors (Lipinski definition) is 1. The number of carbonyl (C=O) groups is 1. The van der Waals surface area contributed by atoms with E-state index in [1.807, 2.05) is 0 Å². The van der Waals surface area contributed by atoms with Crippen LogP contribution in [-0.4, -0.2) is 42.0 Å². The Bertz CT molecular complexity index is 499. The Morgan fingerprint density at radius 3 is 2.60 bits per heavy atom. The molecule has 1 heterocycles. The lowest BCUT2D eigenvalue weighted by Gasteiger charge is -2.36. The summed E-state index contributed by atoms with van der Waals surface area (Å²) in [5.41, 5.74) is 0.229. The van der Waals surface area contributed by atoms with E-state index in [1.165, 1.54) is 12.8 Å². The van der Waals surface area contributed by atoms with Crippen molar-refractivity contribution in [2.24, 2.45) is 0 Å². The fraction of sp³-hybridized carbons (Fsp3) is 0.571. The minimum absolute atomic E-state index is 0.0424.